The lowest BCUT2D eigenvalue weighted by Crippen LogP contribution is -2.39. The second-order valence-corrected chi connectivity index (χ2v) is 4.22. The summed E-state index contributed by atoms with van der Waals surface area (Å²) in [6, 6.07) is 8.68. The monoisotopic (exact) mass is 260 g/mol. The topological polar surface area (TPSA) is 71.2 Å². The van der Waals surface area contributed by atoms with Gasteiger partial charge in [-0.3, -0.25) is 4.79 Å². The Morgan fingerprint density at radius 2 is 2.11 bits per heavy atom. The summed E-state index contributed by atoms with van der Waals surface area (Å²) in [6.45, 7) is 3.62. The number of esters is 1. The third-order valence-corrected chi connectivity index (χ3v) is 2.76. The number of ether oxygens (including phenoxy) is 1. The van der Waals surface area contributed by atoms with Crippen molar-refractivity contribution in [2.45, 2.75) is 19.9 Å². The number of hydrogen-bond donors (Lipinski definition) is 2. The zero-order valence-electron chi connectivity index (χ0n) is 10.9. The molecule has 1 atom stereocenters. The number of nitrogens with one attached hydrogen (secondary N) is 2. The van der Waals surface area contributed by atoms with Gasteiger partial charge in [-0.25, -0.2) is 4.79 Å². The van der Waals surface area contributed by atoms with E-state index in [4.69, 9.17) is 4.74 Å². The number of carbonyl (C=O) groups is 2. The van der Waals surface area contributed by atoms with Gasteiger partial charge in [0.15, 0.2) is 0 Å². The van der Waals surface area contributed by atoms with Crippen molar-refractivity contribution < 1.29 is 14.3 Å². The van der Waals surface area contributed by atoms with Crippen LogP contribution in [0.4, 0.5) is 0 Å². The molecule has 0 aliphatic rings. The Bertz CT molecular complexity index is 571. The molecule has 1 heterocycles. The molecule has 0 saturated carbocycles. The highest BCUT2D eigenvalue weighted by atomic mass is 16.5. The van der Waals surface area contributed by atoms with E-state index < -0.39 is 12.0 Å². The lowest BCUT2D eigenvalue weighted by Gasteiger charge is -2.11. The number of fused-ring (bicyclic) bond motifs is 1. The number of H-pyrrole nitrogens is 1. The van der Waals surface area contributed by atoms with Gasteiger partial charge < -0.3 is 15.0 Å². The first kappa shape index (κ1) is 13.1. The number of amides is 1. The summed E-state index contributed by atoms with van der Waals surface area (Å²) in [4.78, 5) is 26.4. The van der Waals surface area contributed by atoms with Crippen LogP contribution >= 0.6 is 0 Å². The molecular weight excluding hydrogens is 244 g/mol. The molecule has 2 aromatic rings. The molecule has 1 aromatic carbocycles. The zero-order valence-corrected chi connectivity index (χ0v) is 10.9. The molecule has 0 radical (unpaired) electrons. The maximum atomic E-state index is 12.0. The Labute approximate surface area is 110 Å². The predicted molar refractivity (Wildman–Crippen MR) is 71.9 cm³/mol. The quantitative estimate of drug-likeness (QED) is 0.824. The third-order valence-electron chi connectivity index (χ3n) is 2.76. The smallest absolute Gasteiger partial charge is 0.328 e. The van der Waals surface area contributed by atoms with Crippen LogP contribution in [0.25, 0.3) is 10.9 Å². The van der Waals surface area contributed by atoms with E-state index in [1.165, 1.54) is 0 Å². The zero-order chi connectivity index (χ0) is 13.8. The number of rotatable bonds is 4. The van der Waals surface area contributed by atoms with Crippen molar-refractivity contribution in [1.82, 2.24) is 10.3 Å². The van der Waals surface area contributed by atoms with Crippen LogP contribution in [0.5, 0.6) is 0 Å². The molecule has 0 aliphatic heterocycles. The van der Waals surface area contributed by atoms with E-state index in [-0.39, 0.29) is 5.91 Å². The fourth-order valence-electron chi connectivity index (χ4n) is 1.80. The van der Waals surface area contributed by atoms with Crippen molar-refractivity contribution in [3.63, 3.8) is 0 Å². The number of para-hydroxylation sites is 1. The van der Waals surface area contributed by atoms with Gasteiger partial charge in [0.05, 0.1) is 6.61 Å². The molecule has 19 heavy (non-hydrogen) atoms. The molecular formula is C14H16N2O3. The van der Waals surface area contributed by atoms with Crippen LogP contribution in [0.3, 0.4) is 0 Å². The van der Waals surface area contributed by atoms with Crippen LogP contribution in [0.15, 0.2) is 30.3 Å². The summed E-state index contributed by atoms with van der Waals surface area (Å²) >= 11 is 0. The van der Waals surface area contributed by atoms with Crippen molar-refractivity contribution in [2.75, 3.05) is 6.61 Å². The molecule has 0 aliphatic carbocycles. The molecule has 0 bridgehead atoms. The molecule has 1 amide bonds. The van der Waals surface area contributed by atoms with Gasteiger partial charge in [0.1, 0.15) is 11.7 Å². The minimum atomic E-state index is -0.668. The van der Waals surface area contributed by atoms with Gasteiger partial charge in [-0.2, -0.15) is 0 Å². The van der Waals surface area contributed by atoms with Crippen LogP contribution in [-0.4, -0.2) is 29.5 Å². The fourth-order valence-corrected chi connectivity index (χ4v) is 1.80. The highest BCUT2D eigenvalue weighted by molar-refractivity contribution is 5.99. The van der Waals surface area contributed by atoms with Gasteiger partial charge >= 0.3 is 5.97 Å². The van der Waals surface area contributed by atoms with Gasteiger partial charge in [-0.15, -0.1) is 0 Å². The highest BCUT2D eigenvalue weighted by Crippen LogP contribution is 2.14. The van der Waals surface area contributed by atoms with Gasteiger partial charge in [-0.1, -0.05) is 18.2 Å². The maximum absolute atomic E-state index is 12.0. The second kappa shape index (κ2) is 5.56. The van der Waals surface area contributed by atoms with Gasteiger partial charge in [0.2, 0.25) is 0 Å². The molecule has 100 valence electrons. The predicted octanol–water partition coefficient (Wildman–Crippen LogP) is 1.85. The van der Waals surface area contributed by atoms with E-state index in [0.29, 0.717) is 12.3 Å². The average molecular weight is 260 g/mol. The largest absolute Gasteiger partial charge is 0.464 e. The van der Waals surface area contributed by atoms with Gasteiger partial charge in [-0.05, 0) is 26.0 Å². The lowest BCUT2D eigenvalue weighted by atomic mass is 10.2. The Morgan fingerprint density at radius 1 is 1.37 bits per heavy atom. The number of hydrogen-bond acceptors (Lipinski definition) is 3. The number of aromatic amines is 1. The summed E-state index contributed by atoms with van der Waals surface area (Å²) in [7, 11) is 0. The van der Waals surface area contributed by atoms with Crippen molar-refractivity contribution >= 4 is 22.8 Å². The van der Waals surface area contributed by atoms with E-state index in [1.54, 1.807) is 19.9 Å². The van der Waals surface area contributed by atoms with Crippen LogP contribution in [-0.2, 0) is 9.53 Å². The molecule has 1 aromatic heterocycles. The van der Waals surface area contributed by atoms with Crippen LogP contribution < -0.4 is 5.32 Å². The summed E-state index contributed by atoms with van der Waals surface area (Å²) in [5.74, 6) is -0.760. The van der Waals surface area contributed by atoms with Gasteiger partial charge in [0.25, 0.3) is 5.91 Å². The Balaban J connectivity index is 2.09. The average Bonchev–Trinajstić information content (AvgIpc) is 2.82. The molecule has 2 rings (SSSR count). The third kappa shape index (κ3) is 2.93. The molecule has 0 spiro atoms. The fraction of sp³-hybridized carbons (Fsp3) is 0.286. The first-order chi connectivity index (χ1) is 9.11. The molecule has 2 N–H and O–H groups in total. The number of benzene rings is 1. The van der Waals surface area contributed by atoms with Crippen molar-refractivity contribution in [3.8, 4) is 0 Å². The Kier molecular flexibility index (Phi) is 3.85. The minimum Gasteiger partial charge on any atom is -0.464 e. The lowest BCUT2D eigenvalue weighted by molar-refractivity contribution is -0.144. The molecule has 5 nitrogen and oxygen atoms in total. The van der Waals surface area contributed by atoms with Crippen LogP contribution in [0, 0.1) is 0 Å². The Morgan fingerprint density at radius 3 is 2.79 bits per heavy atom. The summed E-state index contributed by atoms with van der Waals surface area (Å²) < 4.78 is 4.84. The first-order valence-electron chi connectivity index (χ1n) is 6.17. The van der Waals surface area contributed by atoms with E-state index in [2.05, 4.69) is 10.3 Å². The molecule has 0 fully saturated rings. The molecule has 1 unspecified atom stereocenters. The first-order valence-corrected chi connectivity index (χ1v) is 6.17. The SMILES string of the molecule is CCOC(=O)C(C)NC(=O)c1cc2ccccc2[nH]1. The summed E-state index contributed by atoms with van der Waals surface area (Å²) in [5.41, 5.74) is 1.31. The standard InChI is InChI=1S/C14H16N2O3/c1-3-19-14(18)9(2)15-13(17)12-8-10-6-4-5-7-11(10)16-12/h4-9,16H,3H2,1-2H3,(H,15,17). The van der Waals surface area contributed by atoms with Crippen LogP contribution in [0.2, 0.25) is 0 Å². The summed E-state index contributed by atoms with van der Waals surface area (Å²) in [6.07, 6.45) is 0. The van der Waals surface area contributed by atoms with Gasteiger partial charge in [0, 0.05) is 10.9 Å². The van der Waals surface area contributed by atoms with Crippen molar-refractivity contribution in [2.24, 2.45) is 0 Å². The number of carbonyl (C=O) groups excluding carboxylic acids is 2. The van der Waals surface area contributed by atoms with E-state index >= 15 is 0 Å². The Hall–Kier alpha value is -2.30. The molecule has 5 heteroatoms. The van der Waals surface area contributed by atoms with Crippen LogP contribution in [0.1, 0.15) is 24.3 Å². The number of aromatic nitrogens is 1. The van der Waals surface area contributed by atoms with E-state index in [9.17, 15) is 9.59 Å². The van der Waals surface area contributed by atoms with Crippen molar-refractivity contribution in [3.05, 3.63) is 36.0 Å². The van der Waals surface area contributed by atoms with E-state index in [1.807, 2.05) is 24.3 Å². The van der Waals surface area contributed by atoms with E-state index in [0.717, 1.165) is 10.9 Å². The normalized spacial score (nSPS) is 12.1. The summed E-state index contributed by atoms with van der Waals surface area (Å²) in [5, 5.41) is 3.55. The van der Waals surface area contributed by atoms with Crippen molar-refractivity contribution in [1.29, 1.82) is 0 Å². The second-order valence-electron chi connectivity index (χ2n) is 4.22. The minimum absolute atomic E-state index is 0.297. The highest BCUT2D eigenvalue weighted by Gasteiger charge is 2.18. The maximum Gasteiger partial charge on any atom is 0.328 e. The molecule has 0 saturated heterocycles.